The van der Waals surface area contributed by atoms with E-state index in [4.69, 9.17) is 16.3 Å². The Hall–Kier alpha value is -3.72. The van der Waals surface area contributed by atoms with E-state index in [1.165, 1.54) is 21.8 Å². The first-order chi connectivity index (χ1) is 15.0. The lowest BCUT2D eigenvalue weighted by Crippen LogP contribution is -2.15. The molecule has 1 N–H and O–H groups in total. The fourth-order valence-electron chi connectivity index (χ4n) is 2.86. The first-order valence-electron chi connectivity index (χ1n) is 9.34. The zero-order valence-electron chi connectivity index (χ0n) is 16.5. The third-order valence-electron chi connectivity index (χ3n) is 4.41. The number of carbonyl (C=O) groups is 1. The molecule has 0 saturated heterocycles. The van der Waals surface area contributed by atoms with E-state index >= 15 is 0 Å². The molecule has 0 aliphatic heterocycles. The molecule has 0 saturated carbocycles. The predicted octanol–water partition coefficient (Wildman–Crippen LogP) is 3.91. The van der Waals surface area contributed by atoms with Crippen LogP contribution in [0.3, 0.4) is 0 Å². The van der Waals surface area contributed by atoms with Crippen molar-refractivity contribution in [3.63, 3.8) is 0 Å². The highest BCUT2D eigenvalue weighted by Gasteiger charge is 2.13. The number of nitrogens with zero attached hydrogens (tertiary/aromatic N) is 5. The molecule has 0 fully saturated rings. The van der Waals surface area contributed by atoms with Crippen LogP contribution in [-0.4, -0.2) is 30.5 Å². The smallest absolute Gasteiger partial charge is 0.278 e. The second-order valence-corrected chi connectivity index (χ2v) is 7.17. The molecular weight excluding hydrogens is 423 g/mol. The van der Waals surface area contributed by atoms with Crippen LogP contribution >= 0.6 is 11.6 Å². The van der Waals surface area contributed by atoms with E-state index in [9.17, 15) is 9.18 Å². The maximum atomic E-state index is 13.8. The Morgan fingerprint density at radius 1 is 1.16 bits per heavy atom. The monoisotopic (exact) mass is 440 g/mol. The number of benzene rings is 2. The van der Waals surface area contributed by atoms with Crippen LogP contribution in [0.4, 0.5) is 10.3 Å². The molecule has 8 nitrogen and oxygen atoms in total. The minimum absolute atomic E-state index is 0.101. The standard InChI is InChI=1S/C21H18ClFN6O2/c1-14-10-16(22)6-7-19(14)31-13-28-9-8-18(26-28)20(30)25-21-24-12-29(27-21)11-15-4-2-3-5-17(15)23/h2-10,12H,11,13H2,1H3,(H,25,27,30). The van der Waals surface area contributed by atoms with Gasteiger partial charge in [0.1, 0.15) is 17.9 Å². The summed E-state index contributed by atoms with van der Waals surface area (Å²) in [7, 11) is 0. The van der Waals surface area contributed by atoms with Crippen LogP contribution in [0, 0.1) is 12.7 Å². The number of carbonyl (C=O) groups excluding carboxylic acids is 1. The average molecular weight is 441 g/mol. The molecule has 0 aliphatic rings. The van der Waals surface area contributed by atoms with Crippen molar-refractivity contribution in [3.05, 3.63) is 88.7 Å². The zero-order chi connectivity index (χ0) is 21.8. The molecule has 0 aliphatic carbocycles. The van der Waals surface area contributed by atoms with Gasteiger partial charge in [-0.2, -0.15) is 5.10 Å². The number of aryl methyl sites for hydroxylation is 1. The number of rotatable bonds is 7. The van der Waals surface area contributed by atoms with E-state index in [1.807, 2.05) is 6.92 Å². The second-order valence-electron chi connectivity index (χ2n) is 6.73. The van der Waals surface area contributed by atoms with Gasteiger partial charge in [-0.3, -0.25) is 10.1 Å². The molecule has 0 atom stereocenters. The number of nitrogens with one attached hydrogen (secondary N) is 1. The largest absolute Gasteiger partial charge is 0.471 e. The van der Waals surface area contributed by atoms with Crippen LogP contribution in [0.25, 0.3) is 0 Å². The van der Waals surface area contributed by atoms with E-state index in [0.29, 0.717) is 16.3 Å². The van der Waals surface area contributed by atoms with Crippen LogP contribution < -0.4 is 10.1 Å². The number of ether oxygens (including phenoxy) is 1. The van der Waals surface area contributed by atoms with Gasteiger partial charge in [0.2, 0.25) is 5.95 Å². The molecule has 4 aromatic rings. The molecule has 0 spiro atoms. The lowest BCUT2D eigenvalue weighted by atomic mass is 10.2. The number of anilines is 1. The SMILES string of the molecule is Cc1cc(Cl)ccc1OCn1ccc(C(=O)Nc2ncn(Cc3ccccc3F)n2)n1. The Balaban J connectivity index is 1.35. The Morgan fingerprint density at radius 2 is 2.00 bits per heavy atom. The van der Waals surface area contributed by atoms with E-state index in [0.717, 1.165) is 5.56 Å². The van der Waals surface area contributed by atoms with Crippen molar-refractivity contribution >= 4 is 23.5 Å². The number of hydrogen-bond acceptors (Lipinski definition) is 5. The summed E-state index contributed by atoms with van der Waals surface area (Å²) in [5.74, 6) is -0.0189. The Labute approximate surface area is 182 Å². The molecule has 4 rings (SSSR count). The van der Waals surface area contributed by atoms with Crippen LogP contribution in [0.5, 0.6) is 5.75 Å². The van der Waals surface area contributed by atoms with Crippen LogP contribution in [0.2, 0.25) is 5.02 Å². The van der Waals surface area contributed by atoms with E-state index in [-0.39, 0.29) is 30.7 Å². The summed E-state index contributed by atoms with van der Waals surface area (Å²) in [5, 5.41) is 11.6. The molecule has 2 heterocycles. The Bertz CT molecular complexity index is 1220. The lowest BCUT2D eigenvalue weighted by molar-refractivity contribution is 0.101. The van der Waals surface area contributed by atoms with E-state index in [1.54, 1.807) is 48.7 Å². The van der Waals surface area contributed by atoms with Gasteiger partial charge in [-0.25, -0.2) is 18.7 Å². The summed E-state index contributed by atoms with van der Waals surface area (Å²) in [4.78, 5) is 16.5. The summed E-state index contributed by atoms with van der Waals surface area (Å²) < 4.78 is 22.4. The highest BCUT2D eigenvalue weighted by molar-refractivity contribution is 6.30. The highest BCUT2D eigenvalue weighted by Crippen LogP contribution is 2.22. The van der Waals surface area contributed by atoms with Crippen molar-refractivity contribution in [2.24, 2.45) is 0 Å². The molecular formula is C21H18ClFN6O2. The molecule has 1 amide bonds. The van der Waals surface area contributed by atoms with Crippen LogP contribution in [-0.2, 0) is 13.3 Å². The summed E-state index contributed by atoms with van der Waals surface area (Å²) in [5.41, 5.74) is 1.55. The molecule has 2 aromatic carbocycles. The summed E-state index contributed by atoms with van der Waals surface area (Å²) in [6.07, 6.45) is 3.05. The summed E-state index contributed by atoms with van der Waals surface area (Å²) in [6.45, 7) is 2.22. The summed E-state index contributed by atoms with van der Waals surface area (Å²) in [6, 6.07) is 13.3. The summed E-state index contributed by atoms with van der Waals surface area (Å²) >= 11 is 5.94. The lowest BCUT2D eigenvalue weighted by Gasteiger charge is -2.09. The van der Waals surface area contributed by atoms with E-state index in [2.05, 4.69) is 20.5 Å². The van der Waals surface area contributed by atoms with Gasteiger partial charge in [-0.1, -0.05) is 29.8 Å². The Morgan fingerprint density at radius 3 is 2.81 bits per heavy atom. The second kappa shape index (κ2) is 8.97. The number of halogens is 2. The van der Waals surface area contributed by atoms with Gasteiger partial charge in [0.25, 0.3) is 5.91 Å². The van der Waals surface area contributed by atoms with Crippen LogP contribution in [0.15, 0.2) is 61.1 Å². The third-order valence-corrected chi connectivity index (χ3v) is 4.65. The average Bonchev–Trinajstić information content (AvgIpc) is 3.39. The van der Waals surface area contributed by atoms with E-state index < -0.39 is 5.91 Å². The van der Waals surface area contributed by atoms with Gasteiger partial charge in [0.05, 0.1) is 6.54 Å². The molecule has 2 aromatic heterocycles. The maximum absolute atomic E-state index is 13.8. The molecule has 0 unspecified atom stereocenters. The minimum atomic E-state index is -0.468. The fourth-order valence-corrected chi connectivity index (χ4v) is 3.09. The predicted molar refractivity (Wildman–Crippen MR) is 113 cm³/mol. The number of aromatic nitrogens is 5. The quantitative estimate of drug-likeness (QED) is 0.470. The van der Waals surface area contributed by atoms with Gasteiger partial charge in [0, 0.05) is 16.8 Å². The Kier molecular flexibility index (Phi) is 5.94. The third kappa shape index (κ3) is 5.07. The van der Waals surface area contributed by atoms with Gasteiger partial charge < -0.3 is 4.74 Å². The molecule has 0 bridgehead atoms. The zero-order valence-corrected chi connectivity index (χ0v) is 17.3. The molecule has 158 valence electrons. The normalized spacial score (nSPS) is 10.8. The highest BCUT2D eigenvalue weighted by atomic mass is 35.5. The van der Waals surface area contributed by atoms with Gasteiger partial charge in [-0.05, 0) is 42.8 Å². The molecule has 0 radical (unpaired) electrons. The van der Waals surface area contributed by atoms with Crippen molar-refractivity contribution in [2.75, 3.05) is 5.32 Å². The number of hydrogen-bond donors (Lipinski definition) is 1. The first kappa shape index (κ1) is 20.5. The topological polar surface area (TPSA) is 86.9 Å². The van der Waals surface area contributed by atoms with Crippen molar-refractivity contribution in [1.82, 2.24) is 24.5 Å². The van der Waals surface area contributed by atoms with Gasteiger partial charge >= 0.3 is 0 Å². The first-order valence-corrected chi connectivity index (χ1v) is 9.72. The maximum Gasteiger partial charge on any atom is 0.278 e. The van der Waals surface area contributed by atoms with Crippen molar-refractivity contribution in [2.45, 2.75) is 20.2 Å². The number of amides is 1. The van der Waals surface area contributed by atoms with Gasteiger partial charge in [-0.15, -0.1) is 5.10 Å². The van der Waals surface area contributed by atoms with Crippen molar-refractivity contribution < 1.29 is 13.9 Å². The van der Waals surface area contributed by atoms with Crippen molar-refractivity contribution in [3.8, 4) is 5.75 Å². The van der Waals surface area contributed by atoms with Gasteiger partial charge in [0.15, 0.2) is 12.4 Å². The fraction of sp³-hybridized carbons (Fsp3) is 0.143. The van der Waals surface area contributed by atoms with Crippen molar-refractivity contribution in [1.29, 1.82) is 0 Å². The molecule has 31 heavy (non-hydrogen) atoms. The molecule has 10 heteroatoms. The minimum Gasteiger partial charge on any atom is -0.471 e. The van der Waals surface area contributed by atoms with Crippen LogP contribution in [0.1, 0.15) is 21.6 Å².